The van der Waals surface area contributed by atoms with Crippen LogP contribution in [0.3, 0.4) is 0 Å². The molecule has 1 aromatic heterocycles. The number of hydrogen-bond acceptors (Lipinski definition) is 8. The second-order valence-electron chi connectivity index (χ2n) is 7.32. The van der Waals surface area contributed by atoms with Gasteiger partial charge in [-0.15, -0.1) is 0 Å². The first-order valence-corrected chi connectivity index (χ1v) is 10.5. The molecule has 1 aliphatic rings. The Bertz CT molecular complexity index is 1010. The molecule has 8 nitrogen and oxygen atoms in total. The first-order valence-electron chi connectivity index (χ1n) is 10.5. The van der Waals surface area contributed by atoms with Crippen LogP contribution in [-0.2, 0) is 9.47 Å². The average Bonchev–Trinajstić information content (AvgIpc) is 3.61. The number of nitrogen functional groups attached to an aromatic ring is 1. The molecule has 2 aromatic carbocycles. The third-order valence-corrected chi connectivity index (χ3v) is 4.61. The molecule has 1 heterocycles. The van der Waals surface area contributed by atoms with Crippen LogP contribution < -0.4 is 21.1 Å². The maximum absolute atomic E-state index is 14.1. The van der Waals surface area contributed by atoms with Gasteiger partial charge in [0.25, 0.3) is 0 Å². The lowest BCUT2D eigenvalue weighted by Crippen LogP contribution is -2.11. The van der Waals surface area contributed by atoms with Crippen LogP contribution in [0.25, 0.3) is 0 Å². The highest BCUT2D eigenvalue weighted by Crippen LogP contribution is 2.23. The number of anilines is 5. The predicted octanol–water partition coefficient (Wildman–Crippen LogP) is 4.26. The molecule has 0 aliphatic heterocycles. The first kappa shape index (κ1) is 21.8. The zero-order valence-corrected chi connectivity index (χ0v) is 17.6. The van der Waals surface area contributed by atoms with Crippen molar-refractivity contribution in [3.05, 3.63) is 60.5 Å². The Morgan fingerprint density at radius 2 is 1.78 bits per heavy atom. The molecule has 9 heteroatoms. The van der Waals surface area contributed by atoms with Gasteiger partial charge in [-0.1, -0.05) is 6.07 Å². The zero-order chi connectivity index (χ0) is 22.2. The van der Waals surface area contributed by atoms with E-state index in [0.717, 1.165) is 17.6 Å². The summed E-state index contributed by atoms with van der Waals surface area (Å²) in [6.45, 7) is 2.17. The van der Waals surface area contributed by atoms with Gasteiger partial charge >= 0.3 is 0 Å². The average molecular weight is 439 g/mol. The predicted molar refractivity (Wildman–Crippen MR) is 121 cm³/mol. The summed E-state index contributed by atoms with van der Waals surface area (Å²) in [7, 11) is 0. The van der Waals surface area contributed by atoms with Crippen molar-refractivity contribution in [3.63, 3.8) is 0 Å². The maximum atomic E-state index is 14.1. The minimum atomic E-state index is -0.567. The fourth-order valence-corrected chi connectivity index (χ4v) is 2.86. The molecule has 1 saturated carbocycles. The van der Waals surface area contributed by atoms with Gasteiger partial charge in [-0.25, -0.2) is 9.37 Å². The van der Waals surface area contributed by atoms with Crippen LogP contribution >= 0.6 is 0 Å². The quantitative estimate of drug-likeness (QED) is 0.284. The lowest BCUT2D eigenvalue weighted by Gasteiger charge is -2.11. The standard InChI is InChI=1S/C23H26FN5O3/c24-21-15-26-23(29-22(21)27-18-3-1-2-16(25)14-18)28-17-4-6-19(7-5-17)31-12-10-30-11-13-32-20-8-9-20/h1-7,14-15,20H,8-13,25H2,(H2,26,27,28,29). The highest BCUT2D eigenvalue weighted by molar-refractivity contribution is 5.63. The number of hydrogen-bond donors (Lipinski definition) is 3. The molecule has 1 fully saturated rings. The Balaban J connectivity index is 1.24. The lowest BCUT2D eigenvalue weighted by atomic mass is 10.3. The van der Waals surface area contributed by atoms with E-state index in [9.17, 15) is 4.39 Å². The molecular weight excluding hydrogens is 413 g/mol. The molecule has 4 N–H and O–H groups in total. The molecule has 0 spiro atoms. The van der Waals surface area contributed by atoms with E-state index in [1.165, 1.54) is 12.8 Å². The summed E-state index contributed by atoms with van der Waals surface area (Å²) >= 11 is 0. The third kappa shape index (κ3) is 6.79. The minimum Gasteiger partial charge on any atom is -0.491 e. The van der Waals surface area contributed by atoms with E-state index >= 15 is 0 Å². The van der Waals surface area contributed by atoms with Crippen molar-refractivity contribution in [1.29, 1.82) is 0 Å². The van der Waals surface area contributed by atoms with Crippen molar-refractivity contribution < 1.29 is 18.6 Å². The number of benzene rings is 2. The van der Waals surface area contributed by atoms with Gasteiger partial charge in [0.05, 0.1) is 32.1 Å². The Labute approximate surface area is 185 Å². The third-order valence-electron chi connectivity index (χ3n) is 4.61. The summed E-state index contributed by atoms with van der Waals surface area (Å²) in [6.07, 6.45) is 3.90. The van der Waals surface area contributed by atoms with E-state index in [2.05, 4.69) is 20.6 Å². The van der Waals surface area contributed by atoms with Gasteiger partial charge in [0.15, 0.2) is 11.6 Å². The van der Waals surface area contributed by atoms with Crippen molar-refractivity contribution in [2.24, 2.45) is 0 Å². The molecule has 1 aliphatic carbocycles. The van der Waals surface area contributed by atoms with Crippen LogP contribution in [0.2, 0.25) is 0 Å². The van der Waals surface area contributed by atoms with Crippen molar-refractivity contribution in [3.8, 4) is 5.75 Å². The Kier molecular flexibility index (Phi) is 7.31. The van der Waals surface area contributed by atoms with Crippen molar-refractivity contribution in [2.45, 2.75) is 18.9 Å². The van der Waals surface area contributed by atoms with Crippen LogP contribution in [0.5, 0.6) is 5.75 Å². The van der Waals surface area contributed by atoms with Crippen molar-refractivity contribution >= 4 is 28.8 Å². The van der Waals surface area contributed by atoms with E-state index in [4.69, 9.17) is 19.9 Å². The summed E-state index contributed by atoms with van der Waals surface area (Å²) in [6, 6.07) is 14.3. The monoisotopic (exact) mass is 439 g/mol. The Morgan fingerprint density at radius 1 is 0.969 bits per heavy atom. The normalized spacial score (nSPS) is 13.0. The molecule has 0 radical (unpaired) electrons. The Morgan fingerprint density at radius 3 is 2.56 bits per heavy atom. The van der Waals surface area contributed by atoms with Crippen LogP contribution in [0.1, 0.15) is 12.8 Å². The number of halogens is 1. The van der Waals surface area contributed by atoms with Crippen LogP contribution in [0, 0.1) is 5.82 Å². The van der Waals surface area contributed by atoms with Gasteiger partial charge in [-0.05, 0) is 55.3 Å². The molecule has 0 bridgehead atoms. The molecule has 0 saturated heterocycles. The van der Waals surface area contributed by atoms with E-state index in [1.54, 1.807) is 24.3 Å². The zero-order valence-electron chi connectivity index (χ0n) is 17.6. The summed E-state index contributed by atoms with van der Waals surface area (Å²) in [4.78, 5) is 8.20. The molecule has 4 rings (SSSR count). The molecule has 0 amide bonds. The van der Waals surface area contributed by atoms with Gasteiger partial charge in [0.2, 0.25) is 5.95 Å². The minimum absolute atomic E-state index is 0.0515. The van der Waals surface area contributed by atoms with Gasteiger partial charge < -0.3 is 30.6 Å². The summed E-state index contributed by atoms with van der Waals surface area (Å²) in [5, 5.41) is 5.97. The fraction of sp³-hybridized carbons (Fsp3) is 0.304. The number of nitrogens with one attached hydrogen (secondary N) is 2. The SMILES string of the molecule is Nc1cccc(Nc2nc(Nc3ccc(OCCOCCOC4CC4)cc3)ncc2F)c1. The molecule has 0 atom stereocenters. The van der Waals surface area contributed by atoms with E-state index in [0.29, 0.717) is 43.9 Å². The summed E-state index contributed by atoms with van der Waals surface area (Å²) in [5.74, 6) is 0.462. The highest BCUT2D eigenvalue weighted by atomic mass is 19.1. The maximum Gasteiger partial charge on any atom is 0.229 e. The molecule has 0 unspecified atom stereocenters. The number of nitrogens with two attached hydrogens (primary N) is 1. The van der Waals surface area contributed by atoms with Crippen LogP contribution in [0.15, 0.2) is 54.7 Å². The number of aromatic nitrogens is 2. The van der Waals surface area contributed by atoms with Crippen molar-refractivity contribution in [2.75, 3.05) is 42.8 Å². The van der Waals surface area contributed by atoms with E-state index in [-0.39, 0.29) is 11.8 Å². The van der Waals surface area contributed by atoms with Crippen molar-refractivity contribution in [1.82, 2.24) is 9.97 Å². The number of rotatable bonds is 12. The molecular formula is C23H26FN5O3. The number of nitrogens with zero attached hydrogens (tertiary/aromatic N) is 2. The fourth-order valence-electron chi connectivity index (χ4n) is 2.86. The second kappa shape index (κ2) is 10.7. The van der Waals surface area contributed by atoms with Crippen LogP contribution in [0.4, 0.5) is 33.2 Å². The van der Waals surface area contributed by atoms with Gasteiger partial charge in [-0.2, -0.15) is 4.98 Å². The number of ether oxygens (including phenoxy) is 3. The molecule has 168 valence electrons. The second-order valence-corrected chi connectivity index (χ2v) is 7.32. The summed E-state index contributed by atoms with van der Waals surface area (Å²) < 4.78 is 30.8. The lowest BCUT2D eigenvalue weighted by molar-refractivity contribution is 0.0301. The van der Waals surface area contributed by atoms with Gasteiger partial charge in [-0.3, -0.25) is 0 Å². The topological polar surface area (TPSA) is 104 Å². The van der Waals surface area contributed by atoms with E-state index in [1.807, 2.05) is 24.3 Å². The highest BCUT2D eigenvalue weighted by Gasteiger charge is 2.21. The Hall–Kier alpha value is -3.43. The smallest absolute Gasteiger partial charge is 0.229 e. The largest absolute Gasteiger partial charge is 0.491 e. The first-order chi connectivity index (χ1) is 15.7. The molecule has 32 heavy (non-hydrogen) atoms. The summed E-state index contributed by atoms with van der Waals surface area (Å²) in [5.41, 5.74) is 7.71. The van der Waals surface area contributed by atoms with E-state index < -0.39 is 5.82 Å². The van der Waals surface area contributed by atoms with Gasteiger partial charge in [0.1, 0.15) is 12.4 Å². The molecule has 3 aromatic rings. The van der Waals surface area contributed by atoms with Gasteiger partial charge in [0, 0.05) is 17.1 Å². The van der Waals surface area contributed by atoms with Crippen LogP contribution in [-0.4, -0.2) is 42.5 Å².